The molecule has 2 aromatic carbocycles. The Hall–Kier alpha value is -3.81. The Balaban J connectivity index is 1.65. The average molecular weight is 449 g/mol. The molecule has 3 N–H and O–H groups in total. The van der Waals surface area contributed by atoms with Gasteiger partial charge in [0.15, 0.2) is 0 Å². The lowest BCUT2D eigenvalue weighted by Gasteiger charge is -2.20. The fourth-order valence-corrected chi connectivity index (χ4v) is 3.49. The van der Waals surface area contributed by atoms with Gasteiger partial charge in [-0.1, -0.05) is 36.4 Å². The van der Waals surface area contributed by atoms with Crippen LogP contribution < -0.4 is 20.9 Å². The van der Waals surface area contributed by atoms with Crippen LogP contribution in [0, 0.1) is 0 Å². The number of nitrogens with zero attached hydrogens (tertiary/aromatic N) is 3. The van der Waals surface area contributed by atoms with Gasteiger partial charge in [0.25, 0.3) is 11.5 Å². The first-order chi connectivity index (χ1) is 15.6. The Labute approximate surface area is 185 Å². The number of carbonyl (C=O) groups is 1. The van der Waals surface area contributed by atoms with Crippen LogP contribution in [0.5, 0.6) is 5.75 Å². The lowest BCUT2D eigenvalue weighted by atomic mass is 9.98. The van der Waals surface area contributed by atoms with Crippen LogP contribution in [0.4, 0.5) is 0 Å². The third kappa shape index (κ3) is 4.59. The minimum atomic E-state index is -0.576. The molecule has 0 radical (unpaired) electrons. The minimum Gasteiger partial charge on any atom is -0.497 e. The first-order valence-electron chi connectivity index (χ1n) is 9.63. The Morgan fingerprint density at radius 2 is 1.84 bits per heavy atom. The molecule has 10 heteroatoms. The van der Waals surface area contributed by atoms with Gasteiger partial charge < -0.3 is 14.9 Å². The number of aromatic amines is 1. The van der Waals surface area contributed by atoms with Gasteiger partial charge in [-0.3, -0.25) is 14.6 Å². The van der Waals surface area contributed by atoms with Crippen molar-refractivity contribution >= 4 is 20.0 Å². The van der Waals surface area contributed by atoms with Crippen molar-refractivity contribution in [3.8, 4) is 11.7 Å². The largest absolute Gasteiger partial charge is 0.497 e. The van der Waals surface area contributed by atoms with Crippen molar-refractivity contribution in [2.24, 2.45) is 0 Å². The highest BCUT2D eigenvalue weighted by molar-refractivity contribution is 7.40. The fourth-order valence-electron chi connectivity index (χ4n) is 3.17. The van der Waals surface area contributed by atoms with Crippen molar-refractivity contribution in [3.05, 3.63) is 100 Å². The second-order valence-electron chi connectivity index (χ2n) is 6.81. The summed E-state index contributed by atoms with van der Waals surface area (Å²) in [7, 11) is 1.26. The second-order valence-corrected chi connectivity index (χ2v) is 7.61. The first kappa shape index (κ1) is 21.4. The molecule has 2 heterocycles. The molecule has 32 heavy (non-hydrogen) atoms. The van der Waals surface area contributed by atoms with E-state index in [1.54, 1.807) is 49.8 Å². The van der Waals surface area contributed by atoms with Crippen LogP contribution >= 0.6 is 8.81 Å². The summed E-state index contributed by atoms with van der Waals surface area (Å²) in [6, 6.07) is 15.7. The molecule has 0 saturated carbocycles. The molecule has 1 amide bonds. The van der Waals surface area contributed by atoms with E-state index in [0.29, 0.717) is 5.75 Å². The van der Waals surface area contributed by atoms with Crippen LogP contribution in [0.3, 0.4) is 0 Å². The highest BCUT2D eigenvalue weighted by atomic mass is 31.1. The molecule has 162 valence electrons. The summed E-state index contributed by atoms with van der Waals surface area (Å²) in [6.07, 6.45) is 4.42. The van der Waals surface area contributed by atoms with Gasteiger partial charge in [0.05, 0.1) is 13.2 Å². The predicted octanol–water partition coefficient (Wildman–Crippen LogP) is 1.69. The zero-order chi connectivity index (χ0) is 22.5. The first-order valence-corrected chi connectivity index (χ1v) is 10.6. The Kier molecular flexibility index (Phi) is 6.39. The second kappa shape index (κ2) is 9.55. The van der Waals surface area contributed by atoms with E-state index in [4.69, 9.17) is 4.74 Å². The number of benzene rings is 2. The lowest BCUT2D eigenvalue weighted by molar-refractivity contribution is 0.0941. The van der Waals surface area contributed by atoms with E-state index < -0.39 is 17.5 Å². The molecule has 0 spiro atoms. The van der Waals surface area contributed by atoms with E-state index in [-0.39, 0.29) is 20.3 Å². The average Bonchev–Trinajstić information content (AvgIpc) is 3.38. The zero-order valence-corrected chi connectivity index (χ0v) is 18.0. The normalized spacial score (nSPS) is 12.1. The van der Waals surface area contributed by atoms with Crippen molar-refractivity contribution in [1.82, 2.24) is 25.1 Å². The molecule has 0 fully saturated rings. The summed E-state index contributed by atoms with van der Waals surface area (Å²) >= 11 is 0. The van der Waals surface area contributed by atoms with Gasteiger partial charge in [0, 0.05) is 27.4 Å². The Morgan fingerprint density at radius 1 is 1.16 bits per heavy atom. The maximum Gasteiger partial charge on any atom is 0.265 e. The van der Waals surface area contributed by atoms with Crippen LogP contribution in [0.15, 0.2) is 78.0 Å². The molecule has 2 atom stereocenters. The molecule has 4 aromatic rings. The van der Waals surface area contributed by atoms with E-state index in [2.05, 4.69) is 20.4 Å². The number of hydrogen-bond acceptors (Lipinski definition) is 6. The molecule has 0 bridgehead atoms. The smallest absolute Gasteiger partial charge is 0.265 e. The van der Waals surface area contributed by atoms with Gasteiger partial charge >= 0.3 is 0 Å². The number of ether oxygens (including phenoxy) is 1. The molecule has 4 rings (SSSR count). The minimum absolute atomic E-state index is 0.118. The lowest BCUT2D eigenvalue weighted by Crippen LogP contribution is -2.34. The standard InChI is InChI=1S/C22H20N5O4P/c1-31-16-7-3-14(4-8-16)19(15-5-9-17(32-30)10-6-15)25-20(28)18-13-23-22(26-21(18)29)27-12-2-11-24-27/h2-13,19,30,32H,1H3,(H,25,28)(H,23,26,29). The SMILES string of the molecule is COc1ccc(C(NC(=O)c2cnc(-n3cccn3)[nH]c2=O)c2ccc(PO)cc2)cc1. The van der Waals surface area contributed by atoms with Crippen LogP contribution in [0.1, 0.15) is 27.5 Å². The van der Waals surface area contributed by atoms with E-state index in [0.717, 1.165) is 16.4 Å². The van der Waals surface area contributed by atoms with Crippen LogP contribution in [-0.4, -0.2) is 37.7 Å². The zero-order valence-electron chi connectivity index (χ0n) is 17.0. The van der Waals surface area contributed by atoms with Gasteiger partial charge in [-0.15, -0.1) is 0 Å². The fraction of sp³-hybridized carbons (Fsp3) is 0.0909. The predicted molar refractivity (Wildman–Crippen MR) is 121 cm³/mol. The summed E-state index contributed by atoms with van der Waals surface area (Å²) < 4.78 is 6.61. The monoisotopic (exact) mass is 449 g/mol. The number of nitrogens with one attached hydrogen (secondary N) is 2. The maximum atomic E-state index is 13.0. The van der Waals surface area contributed by atoms with Crippen molar-refractivity contribution in [2.75, 3.05) is 7.11 Å². The molecule has 9 nitrogen and oxygen atoms in total. The van der Waals surface area contributed by atoms with Crippen LogP contribution in [0.2, 0.25) is 0 Å². The molecular formula is C22H20N5O4P. The number of H-pyrrole nitrogens is 1. The molecule has 0 aliphatic carbocycles. The highest BCUT2D eigenvalue weighted by Crippen LogP contribution is 2.24. The summed E-state index contributed by atoms with van der Waals surface area (Å²) in [4.78, 5) is 41.6. The third-order valence-corrected chi connectivity index (χ3v) is 5.44. The number of hydrogen-bond donors (Lipinski definition) is 3. The molecule has 2 unspecified atom stereocenters. The van der Waals surface area contributed by atoms with Crippen LogP contribution in [-0.2, 0) is 0 Å². The number of aromatic nitrogens is 4. The van der Waals surface area contributed by atoms with E-state index in [1.165, 1.54) is 10.9 Å². The van der Waals surface area contributed by atoms with Crippen molar-refractivity contribution in [1.29, 1.82) is 0 Å². The topological polar surface area (TPSA) is 122 Å². The highest BCUT2D eigenvalue weighted by Gasteiger charge is 2.21. The maximum absolute atomic E-state index is 13.0. The number of rotatable bonds is 7. The van der Waals surface area contributed by atoms with Gasteiger partial charge in [-0.25, -0.2) is 9.67 Å². The Bertz CT molecular complexity index is 1210. The summed E-state index contributed by atoms with van der Waals surface area (Å²) in [5.74, 6) is 0.328. The molecule has 0 saturated heterocycles. The Morgan fingerprint density at radius 3 is 2.41 bits per heavy atom. The van der Waals surface area contributed by atoms with Crippen molar-refractivity contribution in [2.45, 2.75) is 6.04 Å². The van der Waals surface area contributed by atoms with E-state index in [9.17, 15) is 14.5 Å². The molecule has 0 aliphatic rings. The van der Waals surface area contributed by atoms with Gasteiger partial charge in [-0.05, 0) is 34.6 Å². The van der Waals surface area contributed by atoms with Crippen molar-refractivity contribution < 1.29 is 14.4 Å². The summed E-state index contributed by atoms with van der Waals surface area (Å²) in [6.45, 7) is 0. The van der Waals surface area contributed by atoms with Gasteiger partial charge in [-0.2, -0.15) is 5.10 Å². The van der Waals surface area contributed by atoms with Crippen molar-refractivity contribution in [3.63, 3.8) is 0 Å². The number of carbonyl (C=O) groups excluding carboxylic acids is 1. The molecule has 0 aliphatic heterocycles. The van der Waals surface area contributed by atoms with E-state index >= 15 is 0 Å². The third-order valence-electron chi connectivity index (χ3n) is 4.85. The summed E-state index contributed by atoms with van der Waals surface area (Å²) in [5.41, 5.74) is 0.903. The molecule has 2 aromatic heterocycles. The number of amides is 1. The van der Waals surface area contributed by atoms with Crippen LogP contribution in [0.25, 0.3) is 5.95 Å². The van der Waals surface area contributed by atoms with E-state index in [1.807, 2.05) is 24.3 Å². The van der Waals surface area contributed by atoms with Gasteiger partial charge in [0.2, 0.25) is 5.95 Å². The summed E-state index contributed by atoms with van der Waals surface area (Å²) in [5, 5.41) is 7.71. The quantitative estimate of drug-likeness (QED) is 0.369. The molecular weight excluding hydrogens is 429 g/mol. The van der Waals surface area contributed by atoms with Gasteiger partial charge in [0.1, 0.15) is 11.3 Å². The number of methoxy groups -OCH3 is 1.